The number of benzene rings is 2. The Morgan fingerprint density at radius 3 is 2.40 bits per heavy atom. The number of hydrogen-bond acceptors (Lipinski definition) is 3. The predicted octanol–water partition coefficient (Wildman–Crippen LogP) is 4.55. The van der Waals surface area contributed by atoms with Gasteiger partial charge in [0.25, 0.3) is 5.91 Å². The van der Waals surface area contributed by atoms with Crippen molar-refractivity contribution in [2.45, 2.75) is 31.8 Å². The molecule has 2 aromatic rings. The molecule has 0 saturated heterocycles. The zero-order valence-electron chi connectivity index (χ0n) is 13.9. The average molecular weight is 347 g/mol. The van der Waals surface area contributed by atoms with Crippen molar-refractivity contribution in [2.75, 3.05) is 12.4 Å². The summed E-state index contributed by atoms with van der Waals surface area (Å²) in [6.45, 7) is 0. The molecule has 0 aliphatic heterocycles. The summed E-state index contributed by atoms with van der Waals surface area (Å²) in [6, 6.07) is 8.07. The number of carbonyl (C=O) groups excluding carboxylic acids is 1. The molecule has 0 atom stereocenters. The van der Waals surface area contributed by atoms with Crippen molar-refractivity contribution in [3.05, 3.63) is 53.6 Å². The van der Waals surface area contributed by atoms with Crippen LogP contribution in [0.4, 0.5) is 14.5 Å². The van der Waals surface area contributed by atoms with E-state index in [1.807, 2.05) is 0 Å². The summed E-state index contributed by atoms with van der Waals surface area (Å²) < 4.78 is 38.6. The predicted molar refractivity (Wildman–Crippen MR) is 90.2 cm³/mol. The van der Waals surface area contributed by atoms with Gasteiger partial charge in [-0.1, -0.05) is 6.07 Å². The van der Waals surface area contributed by atoms with Gasteiger partial charge in [-0.3, -0.25) is 4.79 Å². The van der Waals surface area contributed by atoms with Crippen LogP contribution >= 0.6 is 0 Å². The van der Waals surface area contributed by atoms with Gasteiger partial charge >= 0.3 is 0 Å². The van der Waals surface area contributed by atoms with E-state index in [9.17, 15) is 13.6 Å². The van der Waals surface area contributed by atoms with Gasteiger partial charge in [0.2, 0.25) is 0 Å². The first-order chi connectivity index (χ1) is 12.1. The molecule has 1 N–H and O–H groups in total. The molecule has 0 unspecified atom stereocenters. The lowest BCUT2D eigenvalue weighted by Crippen LogP contribution is -2.16. The molecule has 132 valence electrons. The van der Waals surface area contributed by atoms with E-state index in [2.05, 4.69) is 5.32 Å². The van der Waals surface area contributed by atoms with Crippen molar-refractivity contribution in [1.82, 2.24) is 0 Å². The molecule has 1 aliphatic rings. The van der Waals surface area contributed by atoms with Crippen LogP contribution in [0.25, 0.3) is 0 Å². The van der Waals surface area contributed by atoms with Crippen molar-refractivity contribution < 1.29 is 23.0 Å². The van der Waals surface area contributed by atoms with Gasteiger partial charge in [0.15, 0.2) is 11.5 Å². The van der Waals surface area contributed by atoms with Gasteiger partial charge in [-0.25, -0.2) is 8.78 Å². The molecule has 0 heterocycles. The van der Waals surface area contributed by atoms with Crippen LogP contribution < -0.4 is 14.8 Å². The first kappa shape index (κ1) is 17.2. The molecule has 1 saturated carbocycles. The second kappa shape index (κ2) is 7.51. The van der Waals surface area contributed by atoms with Gasteiger partial charge < -0.3 is 14.8 Å². The summed E-state index contributed by atoms with van der Waals surface area (Å²) in [4.78, 5) is 12.4. The minimum Gasteiger partial charge on any atom is -0.493 e. The minimum atomic E-state index is -0.829. The summed E-state index contributed by atoms with van der Waals surface area (Å²) in [7, 11) is 1.52. The van der Waals surface area contributed by atoms with Crippen molar-refractivity contribution in [1.29, 1.82) is 0 Å². The maximum Gasteiger partial charge on any atom is 0.255 e. The first-order valence-corrected chi connectivity index (χ1v) is 8.18. The topological polar surface area (TPSA) is 47.6 Å². The highest BCUT2D eigenvalue weighted by Crippen LogP contribution is 2.32. The molecule has 4 nitrogen and oxygen atoms in total. The third-order valence-electron chi connectivity index (χ3n) is 4.22. The number of nitrogens with one attached hydrogen (secondary N) is 1. The normalized spacial score (nSPS) is 14.4. The smallest absolute Gasteiger partial charge is 0.255 e. The molecule has 2 aromatic carbocycles. The molecule has 0 aromatic heterocycles. The summed E-state index contributed by atoms with van der Waals surface area (Å²) in [5, 5.41) is 2.27. The standard InChI is InChI=1S/C19H19F2NO3/c1-24-16-10-9-12(11-17(16)25-13-5-2-3-6-13)19(23)22-18-14(20)7-4-8-15(18)21/h4,7-11,13H,2-3,5-6H2,1H3,(H,22,23). The molecule has 1 aliphatic carbocycles. The molecule has 0 spiro atoms. The van der Waals surface area contributed by atoms with Gasteiger partial charge in [0.05, 0.1) is 13.2 Å². The van der Waals surface area contributed by atoms with Gasteiger partial charge in [-0.05, 0) is 56.0 Å². The van der Waals surface area contributed by atoms with Crippen molar-refractivity contribution >= 4 is 11.6 Å². The van der Waals surface area contributed by atoms with Crippen LogP contribution in [0.3, 0.4) is 0 Å². The zero-order chi connectivity index (χ0) is 17.8. The third-order valence-corrected chi connectivity index (χ3v) is 4.22. The quantitative estimate of drug-likeness (QED) is 0.863. The van der Waals surface area contributed by atoms with E-state index in [0.29, 0.717) is 11.5 Å². The van der Waals surface area contributed by atoms with E-state index < -0.39 is 23.2 Å². The number of methoxy groups -OCH3 is 1. The van der Waals surface area contributed by atoms with Gasteiger partial charge in [-0.15, -0.1) is 0 Å². The van der Waals surface area contributed by atoms with Crippen molar-refractivity contribution in [3.8, 4) is 11.5 Å². The molecule has 0 bridgehead atoms. The summed E-state index contributed by atoms with van der Waals surface area (Å²) in [5.74, 6) is -1.31. The Morgan fingerprint density at radius 1 is 1.08 bits per heavy atom. The van der Waals surface area contributed by atoms with Crippen LogP contribution in [-0.4, -0.2) is 19.1 Å². The fourth-order valence-corrected chi connectivity index (χ4v) is 2.90. The number of anilines is 1. The molecular weight excluding hydrogens is 328 g/mol. The molecule has 3 rings (SSSR count). The Balaban J connectivity index is 1.82. The molecule has 0 radical (unpaired) electrons. The van der Waals surface area contributed by atoms with Crippen LogP contribution in [-0.2, 0) is 0 Å². The van der Waals surface area contributed by atoms with Crippen molar-refractivity contribution in [2.24, 2.45) is 0 Å². The highest BCUT2D eigenvalue weighted by Gasteiger charge is 2.20. The first-order valence-electron chi connectivity index (χ1n) is 8.18. The molecular formula is C19H19F2NO3. The van der Waals surface area contributed by atoms with E-state index in [-0.39, 0.29) is 11.7 Å². The van der Waals surface area contributed by atoms with Crippen LogP contribution in [0.2, 0.25) is 0 Å². The van der Waals surface area contributed by atoms with Crippen LogP contribution in [0, 0.1) is 11.6 Å². The Bertz CT molecular complexity index is 753. The fourth-order valence-electron chi connectivity index (χ4n) is 2.90. The number of hydrogen-bond donors (Lipinski definition) is 1. The molecule has 1 fully saturated rings. The SMILES string of the molecule is COc1ccc(C(=O)Nc2c(F)cccc2F)cc1OC1CCCC1. The average Bonchev–Trinajstić information content (AvgIpc) is 3.11. The van der Waals surface area contributed by atoms with Crippen LogP contribution in [0.5, 0.6) is 11.5 Å². The van der Waals surface area contributed by atoms with Crippen LogP contribution in [0.15, 0.2) is 36.4 Å². The fraction of sp³-hybridized carbons (Fsp3) is 0.316. The number of ether oxygens (including phenoxy) is 2. The van der Waals surface area contributed by atoms with E-state index in [1.165, 1.54) is 25.3 Å². The lowest BCUT2D eigenvalue weighted by molar-refractivity contribution is 0.102. The second-order valence-corrected chi connectivity index (χ2v) is 5.94. The number of amides is 1. The monoisotopic (exact) mass is 347 g/mol. The number of para-hydroxylation sites is 1. The van der Waals surface area contributed by atoms with Crippen LogP contribution in [0.1, 0.15) is 36.0 Å². The zero-order valence-corrected chi connectivity index (χ0v) is 13.9. The summed E-state index contributed by atoms with van der Waals surface area (Å²) in [5.41, 5.74) is -0.238. The molecule has 25 heavy (non-hydrogen) atoms. The third kappa shape index (κ3) is 3.90. The Kier molecular flexibility index (Phi) is 5.16. The largest absolute Gasteiger partial charge is 0.493 e. The van der Waals surface area contributed by atoms with E-state index in [0.717, 1.165) is 37.8 Å². The lowest BCUT2D eigenvalue weighted by Gasteiger charge is -2.17. The van der Waals surface area contributed by atoms with Crippen molar-refractivity contribution in [3.63, 3.8) is 0 Å². The lowest BCUT2D eigenvalue weighted by atomic mass is 10.1. The maximum atomic E-state index is 13.7. The van der Waals surface area contributed by atoms with E-state index in [4.69, 9.17) is 9.47 Å². The highest BCUT2D eigenvalue weighted by molar-refractivity contribution is 6.04. The molecule has 6 heteroatoms. The Labute approximate surface area is 144 Å². The number of halogens is 2. The Morgan fingerprint density at radius 2 is 1.76 bits per heavy atom. The van der Waals surface area contributed by atoms with Gasteiger partial charge in [0, 0.05) is 5.56 Å². The summed E-state index contributed by atoms with van der Waals surface area (Å²) in [6.07, 6.45) is 4.23. The van der Waals surface area contributed by atoms with E-state index >= 15 is 0 Å². The van der Waals surface area contributed by atoms with E-state index in [1.54, 1.807) is 6.07 Å². The number of rotatable bonds is 5. The van der Waals surface area contributed by atoms with Gasteiger partial charge in [-0.2, -0.15) is 0 Å². The summed E-state index contributed by atoms with van der Waals surface area (Å²) >= 11 is 0. The minimum absolute atomic E-state index is 0.0937. The highest BCUT2D eigenvalue weighted by atomic mass is 19.1. The Hall–Kier alpha value is -2.63. The second-order valence-electron chi connectivity index (χ2n) is 5.94. The number of carbonyl (C=O) groups is 1. The molecule has 1 amide bonds. The maximum absolute atomic E-state index is 13.7. The van der Waals surface area contributed by atoms with Gasteiger partial charge in [0.1, 0.15) is 17.3 Å².